The molecule has 0 fully saturated rings. The first-order valence-corrected chi connectivity index (χ1v) is 10.7. The van der Waals surface area contributed by atoms with Crippen molar-refractivity contribution in [3.05, 3.63) is 59.9 Å². The van der Waals surface area contributed by atoms with Gasteiger partial charge < -0.3 is 10.2 Å². The summed E-state index contributed by atoms with van der Waals surface area (Å²) in [5.41, 5.74) is -0.0104. The zero-order valence-electron chi connectivity index (χ0n) is 16.6. The minimum atomic E-state index is -4.37. The molecule has 0 amide bonds. The number of benzene rings is 1. The molecule has 1 heterocycles. The van der Waals surface area contributed by atoms with Crippen molar-refractivity contribution in [3.8, 4) is 0 Å². The Labute approximate surface area is 174 Å². The topological polar surface area (TPSA) is 86.7 Å². The number of sulfonamides is 1. The van der Waals surface area contributed by atoms with Gasteiger partial charge in [-0.05, 0) is 36.8 Å². The van der Waals surface area contributed by atoms with Crippen LogP contribution in [0.15, 0.2) is 58.7 Å². The predicted molar refractivity (Wildman–Crippen MR) is 108 cm³/mol. The second-order valence-electron chi connectivity index (χ2n) is 6.37. The zero-order chi connectivity index (χ0) is 22.2. The molecule has 0 aliphatic heterocycles. The van der Waals surface area contributed by atoms with Crippen molar-refractivity contribution >= 4 is 16.0 Å². The van der Waals surface area contributed by atoms with Gasteiger partial charge in [0, 0.05) is 39.1 Å². The van der Waals surface area contributed by atoms with Crippen LogP contribution in [0, 0.1) is 0 Å². The van der Waals surface area contributed by atoms with E-state index in [1.165, 1.54) is 36.7 Å². The molecule has 2 aromatic rings. The molecule has 0 aliphatic carbocycles. The first-order chi connectivity index (χ1) is 14.1. The van der Waals surface area contributed by atoms with Crippen molar-refractivity contribution in [2.45, 2.75) is 24.5 Å². The Morgan fingerprint density at radius 2 is 1.90 bits per heavy atom. The van der Waals surface area contributed by atoms with E-state index in [0.29, 0.717) is 24.6 Å². The molecule has 0 spiro atoms. The Morgan fingerprint density at radius 1 is 1.20 bits per heavy atom. The number of hydrogen-bond donors (Lipinski definition) is 2. The lowest BCUT2D eigenvalue weighted by Gasteiger charge is -2.22. The third kappa shape index (κ3) is 6.99. The summed E-state index contributed by atoms with van der Waals surface area (Å²) in [6, 6.07) is 7.91. The molecule has 0 saturated carbocycles. The van der Waals surface area contributed by atoms with Crippen LogP contribution in [0.4, 0.5) is 13.2 Å². The third-order valence-electron chi connectivity index (χ3n) is 4.01. The molecule has 30 heavy (non-hydrogen) atoms. The molecule has 11 heteroatoms. The molecular formula is C19H24F3N5O2S. The van der Waals surface area contributed by atoms with E-state index < -0.39 is 21.8 Å². The monoisotopic (exact) mass is 443 g/mol. The van der Waals surface area contributed by atoms with Crippen molar-refractivity contribution < 1.29 is 21.6 Å². The van der Waals surface area contributed by atoms with Crippen LogP contribution in [-0.2, 0) is 22.7 Å². The van der Waals surface area contributed by atoms with Crippen LogP contribution in [0.5, 0.6) is 0 Å². The maximum Gasteiger partial charge on any atom is 0.416 e. The first kappa shape index (κ1) is 23.6. The molecule has 2 N–H and O–H groups in total. The van der Waals surface area contributed by atoms with Crippen LogP contribution in [0.25, 0.3) is 0 Å². The lowest BCUT2D eigenvalue weighted by atomic mass is 10.1. The number of rotatable bonds is 8. The van der Waals surface area contributed by atoms with Crippen molar-refractivity contribution in [1.82, 2.24) is 19.9 Å². The fraction of sp³-hybridized carbons (Fsp3) is 0.368. The Morgan fingerprint density at radius 3 is 2.47 bits per heavy atom. The lowest BCUT2D eigenvalue weighted by molar-refractivity contribution is -0.137. The van der Waals surface area contributed by atoms with Gasteiger partial charge in [-0.1, -0.05) is 12.1 Å². The third-order valence-corrected chi connectivity index (χ3v) is 5.45. The molecule has 2 rings (SSSR count). The van der Waals surface area contributed by atoms with Crippen LogP contribution in [-0.4, -0.2) is 50.9 Å². The smallest absolute Gasteiger partial charge is 0.357 e. The van der Waals surface area contributed by atoms with Gasteiger partial charge in [0.25, 0.3) is 0 Å². The molecule has 7 nitrogen and oxygen atoms in total. The molecule has 0 unspecified atom stereocenters. The maximum absolute atomic E-state index is 12.7. The molecule has 164 valence electrons. The quantitative estimate of drug-likeness (QED) is 0.372. The van der Waals surface area contributed by atoms with Crippen molar-refractivity contribution in [2.24, 2.45) is 4.99 Å². The van der Waals surface area contributed by atoms with Crippen molar-refractivity contribution in [1.29, 1.82) is 0 Å². The van der Waals surface area contributed by atoms with Crippen LogP contribution in [0.2, 0.25) is 0 Å². The van der Waals surface area contributed by atoms with Gasteiger partial charge in [0.1, 0.15) is 4.90 Å². The number of nitrogens with zero attached hydrogens (tertiary/aromatic N) is 3. The minimum absolute atomic E-state index is 0.0697. The Bertz CT molecular complexity index is 933. The normalized spacial score (nSPS) is 12.6. The van der Waals surface area contributed by atoms with E-state index in [-0.39, 0.29) is 18.0 Å². The van der Waals surface area contributed by atoms with Gasteiger partial charge in [-0.25, -0.2) is 13.1 Å². The van der Waals surface area contributed by atoms with E-state index in [0.717, 1.165) is 12.1 Å². The average molecular weight is 443 g/mol. The maximum atomic E-state index is 12.7. The summed E-state index contributed by atoms with van der Waals surface area (Å²) in [4.78, 5) is 9.98. The molecule has 0 atom stereocenters. The van der Waals surface area contributed by atoms with Gasteiger partial charge in [0.2, 0.25) is 10.0 Å². The van der Waals surface area contributed by atoms with Gasteiger partial charge in [-0.3, -0.25) is 9.98 Å². The molecule has 0 radical (unpaired) electrons. The van der Waals surface area contributed by atoms with E-state index >= 15 is 0 Å². The summed E-state index contributed by atoms with van der Waals surface area (Å²) in [7, 11) is -1.91. The number of nitrogens with one attached hydrogen (secondary N) is 2. The summed E-state index contributed by atoms with van der Waals surface area (Å²) in [5.74, 6) is 0.512. The highest BCUT2D eigenvalue weighted by atomic mass is 32.2. The fourth-order valence-electron chi connectivity index (χ4n) is 2.55. The van der Waals surface area contributed by atoms with Crippen molar-refractivity contribution in [2.75, 3.05) is 26.7 Å². The highest BCUT2D eigenvalue weighted by Gasteiger charge is 2.29. The Hall–Kier alpha value is -2.66. The number of aromatic nitrogens is 1. The second-order valence-corrected chi connectivity index (χ2v) is 8.14. The molecule has 0 aliphatic rings. The molecule has 1 aromatic heterocycles. The fourth-order valence-corrected chi connectivity index (χ4v) is 3.53. The van der Waals surface area contributed by atoms with Crippen LogP contribution < -0.4 is 10.0 Å². The first-order valence-electron chi connectivity index (χ1n) is 9.18. The number of guanidine groups is 1. The Balaban J connectivity index is 1.96. The largest absolute Gasteiger partial charge is 0.416 e. The summed E-state index contributed by atoms with van der Waals surface area (Å²) in [6.07, 6.45) is -1.63. The van der Waals surface area contributed by atoms with Crippen LogP contribution >= 0.6 is 0 Å². The zero-order valence-corrected chi connectivity index (χ0v) is 17.5. The van der Waals surface area contributed by atoms with E-state index in [1.807, 2.05) is 6.92 Å². The van der Waals surface area contributed by atoms with Crippen LogP contribution in [0.1, 0.15) is 18.1 Å². The number of aliphatic imine (C=N–C) groups is 1. The predicted octanol–water partition coefficient (Wildman–Crippen LogP) is 2.48. The number of halogens is 3. The average Bonchev–Trinajstić information content (AvgIpc) is 2.70. The number of hydrogen-bond acceptors (Lipinski definition) is 4. The summed E-state index contributed by atoms with van der Waals surface area (Å²) in [6.45, 7) is 3.06. The standard InChI is InChI=1S/C19H24F3N5O2S/c1-3-24-18(25-11-12-26-30(28,29)17-5-4-10-23-13-17)27(2)14-15-6-8-16(9-7-15)19(20,21)22/h4-10,13,26H,3,11-12,14H2,1-2H3,(H,24,25). The molecular weight excluding hydrogens is 419 g/mol. The number of pyridine rings is 1. The van der Waals surface area contributed by atoms with E-state index in [1.54, 1.807) is 11.9 Å². The molecule has 0 bridgehead atoms. The van der Waals surface area contributed by atoms with Gasteiger partial charge in [0.15, 0.2) is 5.96 Å². The highest BCUT2D eigenvalue weighted by Crippen LogP contribution is 2.29. The summed E-state index contributed by atoms with van der Waals surface area (Å²) >= 11 is 0. The van der Waals surface area contributed by atoms with Crippen molar-refractivity contribution in [3.63, 3.8) is 0 Å². The van der Waals surface area contributed by atoms with Gasteiger partial charge >= 0.3 is 6.18 Å². The van der Waals surface area contributed by atoms with Gasteiger partial charge in [-0.2, -0.15) is 13.2 Å². The number of alkyl halides is 3. The SMILES string of the molecule is CCNC(=NCCNS(=O)(=O)c1cccnc1)N(C)Cc1ccc(C(F)(F)F)cc1. The van der Waals surface area contributed by atoms with E-state index in [9.17, 15) is 21.6 Å². The second kappa shape index (κ2) is 10.4. The van der Waals surface area contributed by atoms with E-state index in [4.69, 9.17) is 0 Å². The summed E-state index contributed by atoms with van der Waals surface area (Å²) in [5, 5.41) is 3.08. The summed E-state index contributed by atoms with van der Waals surface area (Å²) < 4.78 is 64.8. The molecule has 0 saturated heterocycles. The lowest BCUT2D eigenvalue weighted by Crippen LogP contribution is -2.39. The van der Waals surface area contributed by atoms with Gasteiger partial charge in [-0.15, -0.1) is 0 Å². The highest BCUT2D eigenvalue weighted by molar-refractivity contribution is 7.89. The molecule has 1 aromatic carbocycles. The minimum Gasteiger partial charge on any atom is -0.357 e. The van der Waals surface area contributed by atoms with Crippen LogP contribution in [0.3, 0.4) is 0 Å². The van der Waals surface area contributed by atoms with Gasteiger partial charge in [0.05, 0.1) is 12.1 Å². The van der Waals surface area contributed by atoms with E-state index in [2.05, 4.69) is 20.0 Å². The Kier molecular flexibility index (Phi) is 8.18.